The quantitative estimate of drug-likeness (QED) is 0.0470. The molecular formula is C84H134O4S4. The average molecular weight is 1340 g/mol. The number of rotatable bonds is 27. The van der Waals surface area contributed by atoms with Crippen LogP contribution >= 0.6 is 47.0 Å². The maximum Gasteiger partial charge on any atom is 0.123 e. The van der Waals surface area contributed by atoms with Crippen LogP contribution in [-0.2, 0) is 66.3 Å². The SMILES string of the molecule is CCC(C)(CC)c1cc(C(C)(C)C)cc(CSC2CCCCCCC2SCc2cc(C(C)(C)CCC(C)(C)c3cc(CS[C@H]4CCCCCCC4SCc4cc(C(C)(C)C)cc(C(C)(C)C(C)C)c4O)c(O)c(C(C)(C)C(C)C)c3)cc(C(C)(CC)CC)c2O)c1O. The van der Waals surface area contributed by atoms with Gasteiger partial charge in [-0.1, -0.05) is 266 Å². The highest BCUT2D eigenvalue weighted by atomic mass is 32.2. The number of thioether (sulfide) groups is 4. The van der Waals surface area contributed by atoms with E-state index < -0.39 is 0 Å². The summed E-state index contributed by atoms with van der Waals surface area (Å²) in [6.07, 6.45) is 20.5. The topological polar surface area (TPSA) is 80.9 Å². The zero-order valence-electron chi connectivity index (χ0n) is 63.1. The summed E-state index contributed by atoms with van der Waals surface area (Å²) < 4.78 is 0. The second-order valence-electron chi connectivity index (χ2n) is 34.6. The lowest BCUT2D eigenvalue weighted by atomic mass is 9.68. The van der Waals surface area contributed by atoms with Crippen LogP contribution in [0.15, 0.2) is 48.5 Å². The van der Waals surface area contributed by atoms with Crippen LogP contribution in [0, 0.1) is 11.8 Å². The second-order valence-corrected chi connectivity index (χ2v) is 39.5. The standard InChI is InChI=1S/C84H134O4S4/c1-25-83(23,26-2)67-48-62(78(12,13)14)44-58(75(67)87)52-90-70-38-34-30-32-36-40-72(70)92-54-60-46-64(50-68(76(60)88)84(24,27-3)28-4)80(17,18)42-41-79(15,16)63-45-59(74(86)66(49-63)82(21,22)56(7)8)53-91-71-39-35-31-29-33-37-69(71)89-51-57-43-61(77(9,10)11)47-65(73(57)85)81(19,20)55(5)6/h43-50,55-56,69-72,85-88H,25-42,51-54H2,1-24H3/t69?,70?,71-,72?/m0/s1. The number of hydrogen-bond acceptors (Lipinski definition) is 8. The van der Waals surface area contributed by atoms with Gasteiger partial charge in [-0.2, -0.15) is 47.0 Å². The van der Waals surface area contributed by atoms with Crippen molar-refractivity contribution < 1.29 is 20.4 Å². The van der Waals surface area contributed by atoms with Gasteiger partial charge < -0.3 is 20.4 Å². The van der Waals surface area contributed by atoms with E-state index in [-0.39, 0.29) is 43.3 Å². The summed E-state index contributed by atoms with van der Waals surface area (Å²) >= 11 is 8.28. The molecule has 4 nitrogen and oxygen atoms in total. The summed E-state index contributed by atoms with van der Waals surface area (Å²) in [5, 5.41) is 51.2. The third kappa shape index (κ3) is 18.8. The Balaban J connectivity index is 1.29. The fourth-order valence-electron chi connectivity index (χ4n) is 13.9. The molecule has 3 unspecified atom stereocenters. The van der Waals surface area contributed by atoms with Crippen molar-refractivity contribution in [3.8, 4) is 23.0 Å². The highest BCUT2D eigenvalue weighted by molar-refractivity contribution is 8.03. The van der Waals surface area contributed by atoms with Crippen LogP contribution in [-0.4, -0.2) is 41.4 Å². The Morgan fingerprint density at radius 1 is 0.337 bits per heavy atom. The monoisotopic (exact) mass is 1330 g/mol. The molecule has 2 saturated carbocycles. The lowest BCUT2D eigenvalue weighted by Crippen LogP contribution is -2.28. The molecule has 4 atom stereocenters. The first-order chi connectivity index (χ1) is 42.7. The van der Waals surface area contributed by atoms with Gasteiger partial charge in [-0.3, -0.25) is 0 Å². The van der Waals surface area contributed by atoms with Crippen molar-refractivity contribution in [2.24, 2.45) is 11.8 Å². The molecule has 0 amide bonds. The molecule has 2 aliphatic carbocycles. The van der Waals surface area contributed by atoms with Crippen LogP contribution in [0.1, 0.15) is 349 Å². The molecule has 0 heterocycles. The molecule has 4 aromatic rings. The normalized spacial score (nSPS) is 19.1. The van der Waals surface area contributed by atoms with Gasteiger partial charge in [0.15, 0.2) is 0 Å². The number of aromatic hydroxyl groups is 4. The first kappa shape index (κ1) is 78.5. The molecule has 0 aromatic heterocycles. The van der Waals surface area contributed by atoms with Crippen LogP contribution in [0.2, 0.25) is 0 Å². The zero-order valence-corrected chi connectivity index (χ0v) is 66.3. The van der Waals surface area contributed by atoms with E-state index in [0.29, 0.717) is 55.8 Å². The van der Waals surface area contributed by atoms with E-state index >= 15 is 0 Å². The van der Waals surface area contributed by atoms with E-state index in [9.17, 15) is 20.4 Å². The summed E-state index contributed by atoms with van der Waals surface area (Å²) in [6, 6.07) is 18.7. The number of phenolic OH excluding ortho intramolecular Hbond substituents is 4. The Morgan fingerprint density at radius 2 is 0.565 bits per heavy atom. The molecule has 2 aliphatic rings. The molecule has 2 fully saturated rings. The highest BCUT2D eigenvalue weighted by Crippen LogP contribution is 2.51. The minimum atomic E-state index is -0.243. The molecule has 0 spiro atoms. The van der Waals surface area contributed by atoms with Gasteiger partial charge in [-0.25, -0.2) is 0 Å². The van der Waals surface area contributed by atoms with Gasteiger partial charge >= 0.3 is 0 Å². The summed E-state index contributed by atoms with van der Waals surface area (Å²) in [5.74, 6) is 5.79. The van der Waals surface area contributed by atoms with Gasteiger partial charge in [0.1, 0.15) is 23.0 Å². The van der Waals surface area contributed by atoms with Gasteiger partial charge in [0.05, 0.1) is 0 Å². The highest BCUT2D eigenvalue weighted by Gasteiger charge is 2.38. The summed E-state index contributed by atoms with van der Waals surface area (Å²) in [5.41, 5.74) is 12.8. The number of phenols is 4. The maximum atomic E-state index is 12.6. The first-order valence-corrected chi connectivity index (χ1v) is 40.9. The maximum absolute atomic E-state index is 12.6. The molecule has 0 aliphatic heterocycles. The van der Waals surface area contributed by atoms with E-state index in [4.69, 9.17) is 0 Å². The van der Waals surface area contributed by atoms with Gasteiger partial charge in [0.25, 0.3) is 0 Å². The van der Waals surface area contributed by atoms with E-state index in [1.807, 2.05) is 0 Å². The Hall–Kier alpha value is -2.52. The minimum Gasteiger partial charge on any atom is -0.507 e. The average Bonchev–Trinajstić information content (AvgIpc) is 0.832. The molecule has 4 aromatic carbocycles. The minimum absolute atomic E-state index is 0.0237. The lowest BCUT2D eigenvalue weighted by Gasteiger charge is -2.37. The van der Waals surface area contributed by atoms with Gasteiger partial charge in [0.2, 0.25) is 0 Å². The van der Waals surface area contributed by atoms with E-state index in [2.05, 4.69) is 262 Å². The Morgan fingerprint density at radius 3 is 0.815 bits per heavy atom. The van der Waals surface area contributed by atoms with E-state index in [1.165, 1.54) is 99.3 Å². The van der Waals surface area contributed by atoms with Gasteiger partial charge in [-0.15, -0.1) is 0 Å². The third-order valence-electron chi connectivity index (χ3n) is 24.2. The summed E-state index contributed by atoms with van der Waals surface area (Å²) in [7, 11) is 0. The van der Waals surface area contributed by atoms with Crippen LogP contribution in [0.5, 0.6) is 23.0 Å². The molecular weight excluding hydrogens is 1200 g/mol. The number of benzene rings is 4. The summed E-state index contributed by atoms with van der Waals surface area (Å²) in [6.45, 7) is 55.7. The first-order valence-electron chi connectivity index (χ1n) is 36.7. The van der Waals surface area contributed by atoms with Gasteiger partial charge in [0, 0.05) is 88.5 Å². The van der Waals surface area contributed by atoms with Crippen molar-refractivity contribution in [1.29, 1.82) is 0 Å². The molecule has 92 heavy (non-hydrogen) atoms. The van der Waals surface area contributed by atoms with Crippen molar-refractivity contribution in [2.45, 2.75) is 369 Å². The number of hydrogen-bond donors (Lipinski definition) is 4. The molecule has 8 heteroatoms. The molecule has 0 radical (unpaired) electrons. The van der Waals surface area contributed by atoms with Crippen LogP contribution in [0.3, 0.4) is 0 Å². The van der Waals surface area contributed by atoms with Crippen molar-refractivity contribution in [1.82, 2.24) is 0 Å². The van der Waals surface area contributed by atoms with Crippen LogP contribution in [0.4, 0.5) is 0 Å². The summed E-state index contributed by atoms with van der Waals surface area (Å²) in [4.78, 5) is 0. The fraction of sp³-hybridized carbons (Fsp3) is 0.714. The predicted octanol–water partition coefficient (Wildman–Crippen LogP) is 25.7. The Labute approximate surface area is 582 Å². The molecule has 518 valence electrons. The second kappa shape index (κ2) is 32.0. The predicted molar refractivity (Wildman–Crippen MR) is 412 cm³/mol. The Kier molecular flexibility index (Phi) is 27.3. The van der Waals surface area contributed by atoms with Gasteiger partial charge in [-0.05, 0) is 142 Å². The van der Waals surface area contributed by atoms with Crippen molar-refractivity contribution in [2.75, 3.05) is 0 Å². The van der Waals surface area contributed by atoms with E-state index in [0.717, 1.165) is 106 Å². The molecule has 4 N–H and O–H groups in total. The molecule has 0 saturated heterocycles. The molecule has 6 rings (SSSR count). The molecule has 0 bridgehead atoms. The third-order valence-corrected chi connectivity index (χ3v) is 30.4. The smallest absolute Gasteiger partial charge is 0.123 e. The fourth-order valence-corrected chi connectivity index (χ4v) is 20.1. The van der Waals surface area contributed by atoms with Crippen LogP contribution in [0.25, 0.3) is 0 Å². The largest absolute Gasteiger partial charge is 0.507 e. The van der Waals surface area contributed by atoms with E-state index in [1.54, 1.807) is 0 Å². The Bertz CT molecular complexity index is 2860. The lowest BCUT2D eigenvalue weighted by molar-refractivity contribution is 0.345. The van der Waals surface area contributed by atoms with Crippen LogP contribution < -0.4 is 0 Å². The van der Waals surface area contributed by atoms with Crippen molar-refractivity contribution in [3.05, 3.63) is 115 Å². The van der Waals surface area contributed by atoms with Crippen molar-refractivity contribution in [3.63, 3.8) is 0 Å². The van der Waals surface area contributed by atoms with Crippen molar-refractivity contribution >= 4 is 47.0 Å². The zero-order chi connectivity index (χ0) is 68.7.